The van der Waals surface area contributed by atoms with Gasteiger partial charge in [-0.15, -0.1) is 0 Å². The van der Waals surface area contributed by atoms with Crippen molar-refractivity contribution in [3.63, 3.8) is 0 Å². The minimum atomic E-state index is 0.151. The molecule has 3 heteroatoms. The molecule has 1 saturated heterocycles. The van der Waals surface area contributed by atoms with Gasteiger partial charge >= 0.3 is 0 Å². The molecule has 0 aromatic heterocycles. The molecule has 0 amide bonds. The van der Waals surface area contributed by atoms with Crippen molar-refractivity contribution in [2.45, 2.75) is 32.2 Å². The Morgan fingerprint density at radius 1 is 1.39 bits per heavy atom. The van der Waals surface area contributed by atoms with Crippen LogP contribution >= 0.6 is 11.8 Å². The highest BCUT2D eigenvalue weighted by atomic mass is 32.2. The van der Waals surface area contributed by atoms with Gasteiger partial charge in [0.1, 0.15) is 5.75 Å². The molecule has 0 bridgehead atoms. The van der Waals surface area contributed by atoms with Crippen LogP contribution in [0.3, 0.4) is 0 Å². The molecule has 2 nitrogen and oxygen atoms in total. The lowest BCUT2D eigenvalue weighted by Crippen LogP contribution is -2.18. The molecule has 2 rings (SSSR count). The largest absolute Gasteiger partial charge is 0.494 e. The van der Waals surface area contributed by atoms with Crippen molar-refractivity contribution >= 4 is 11.8 Å². The number of nitrogens with two attached hydrogens (primary N) is 1. The maximum Gasteiger partial charge on any atom is 0.119 e. The Morgan fingerprint density at radius 2 is 2.17 bits per heavy atom. The predicted molar refractivity (Wildman–Crippen MR) is 79.2 cm³/mol. The van der Waals surface area contributed by atoms with Gasteiger partial charge in [0.05, 0.1) is 6.61 Å². The first-order chi connectivity index (χ1) is 8.79. The number of hydrogen-bond donors (Lipinski definition) is 1. The molecular weight excluding hydrogens is 242 g/mol. The number of thioether (sulfide) groups is 1. The maximum atomic E-state index is 6.33. The maximum absolute atomic E-state index is 6.33. The van der Waals surface area contributed by atoms with Gasteiger partial charge in [-0.05, 0) is 61.3 Å². The standard InChI is InChI=1S/C15H23NOS/c1-2-17-14-5-3-4-13(11-14)15(16)10-12-6-8-18-9-7-12/h3-5,11-12,15H,2,6-10,16H2,1H3. The van der Waals surface area contributed by atoms with E-state index >= 15 is 0 Å². The quantitative estimate of drug-likeness (QED) is 0.883. The number of benzene rings is 1. The van der Waals surface area contributed by atoms with E-state index in [1.807, 2.05) is 19.1 Å². The van der Waals surface area contributed by atoms with Crippen LogP contribution in [0.25, 0.3) is 0 Å². The van der Waals surface area contributed by atoms with Crippen LogP contribution in [0.15, 0.2) is 24.3 Å². The summed E-state index contributed by atoms with van der Waals surface area (Å²) in [6.07, 6.45) is 3.75. The van der Waals surface area contributed by atoms with Gasteiger partial charge in [0, 0.05) is 6.04 Å². The van der Waals surface area contributed by atoms with E-state index in [4.69, 9.17) is 10.5 Å². The van der Waals surface area contributed by atoms with Crippen LogP contribution in [0.5, 0.6) is 5.75 Å². The molecule has 1 aromatic carbocycles. The Kier molecular flexibility index (Phi) is 5.39. The molecule has 0 aliphatic carbocycles. The zero-order valence-corrected chi connectivity index (χ0v) is 11.9. The lowest BCUT2D eigenvalue weighted by atomic mass is 9.91. The van der Waals surface area contributed by atoms with E-state index in [0.29, 0.717) is 6.61 Å². The lowest BCUT2D eigenvalue weighted by molar-refractivity contribution is 0.339. The Balaban J connectivity index is 1.94. The SMILES string of the molecule is CCOc1cccc(C(N)CC2CCSCC2)c1. The third-order valence-corrected chi connectivity index (χ3v) is 4.57. The molecule has 0 saturated carbocycles. The average molecular weight is 265 g/mol. The Hall–Kier alpha value is -0.670. The second-order valence-electron chi connectivity index (χ2n) is 4.90. The number of ether oxygens (including phenoxy) is 1. The summed E-state index contributed by atoms with van der Waals surface area (Å²) in [4.78, 5) is 0. The van der Waals surface area contributed by atoms with Crippen LogP contribution in [0.1, 0.15) is 37.8 Å². The van der Waals surface area contributed by atoms with Gasteiger partial charge in [-0.25, -0.2) is 0 Å². The van der Waals surface area contributed by atoms with Crippen LogP contribution in [0.4, 0.5) is 0 Å². The molecule has 1 aliphatic rings. The monoisotopic (exact) mass is 265 g/mol. The zero-order chi connectivity index (χ0) is 12.8. The summed E-state index contributed by atoms with van der Waals surface area (Å²) in [6.45, 7) is 2.71. The summed E-state index contributed by atoms with van der Waals surface area (Å²) in [5.74, 6) is 4.34. The minimum absolute atomic E-state index is 0.151. The van der Waals surface area contributed by atoms with E-state index in [1.165, 1.54) is 29.9 Å². The molecule has 1 atom stereocenters. The first-order valence-corrected chi connectivity index (χ1v) is 8.01. The van der Waals surface area contributed by atoms with E-state index in [-0.39, 0.29) is 6.04 Å². The van der Waals surface area contributed by atoms with E-state index in [2.05, 4.69) is 23.9 Å². The topological polar surface area (TPSA) is 35.2 Å². The Bertz CT molecular complexity index is 363. The second-order valence-corrected chi connectivity index (χ2v) is 6.13. The van der Waals surface area contributed by atoms with E-state index in [0.717, 1.165) is 18.1 Å². The van der Waals surface area contributed by atoms with Crippen molar-refractivity contribution in [2.24, 2.45) is 11.7 Å². The minimum Gasteiger partial charge on any atom is -0.494 e. The third kappa shape index (κ3) is 3.92. The molecule has 100 valence electrons. The fourth-order valence-electron chi connectivity index (χ4n) is 2.48. The van der Waals surface area contributed by atoms with Crippen LogP contribution in [0.2, 0.25) is 0 Å². The van der Waals surface area contributed by atoms with Gasteiger partial charge in [-0.1, -0.05) is 12.1 Å². The van der Waals surface area contributed by atoms with Gasteiger partial charge in [-0.3, -0.25) is 0 Å². The highest BCUT2D eigenvalue weighted by Crippen LogP contribution is 2.30. The third-order valence-electron chi connectivity index (χ3n) is 3.53. The summed E-state index contributed by atoms with van der Waals surface area (Å²) < 4.78 is 5.53. The van der Waals surface area contributed by atoms with Gasteiger partial charge in [0.2, 0.25) is 0 Å². The lowest BCUT2D eigenvalue weighted by Gasteiger charge is -2.24. The van der Waals surface area contributed by atoms with Crippen molar-refractivity contribution in [1.29, 1.82) is 0 Å². The van der Waals surface area contributed by atoms with Crippen molar-refractivity contribution in [3.05, 3.63) is 29.8 Å². The molecule has 1 fully saturated rings. The van der Waals surface area contributed by atoms with Gasteiger partial charge in [-0.2, -0.15) is 11.8 Å². The average Bonchev–Trinajstić information content (AvgIpc) is 2.40. The normalized spacial score (nSPS) is 18.6. The van der Waals surface area contributed by atoms with E-state index in [1.54, 1.807) is 0 Å². The van der Waals surface area contributed by atoms with Crippen LogP contribution < -0.4 is 10.5 Å². The Morgan fingerprint density at radius 3 is 2.89 bits per heavy atom. The van der Waals surface area contributed by atoms with Gasteiger partial charge < -0.3 is 10.5 Å². The Labute approximate surface area is 114 Å². The molecule has 18 heavy (non-hydrogen) atoms. The highest BCUT2D eigenvalue weighted by Gasteiger charge is 2.18. The van der Waals surface area contributed by atoms with Crippen molar-refractivity contribution < 1.29 is 4.74 Å². The molecule has 1 aliphatic heterocycles. The first kappa shape index (κ1) is 13.8. The molecule has 1 heterocycles. The summed E-state index contributed by atoms with van der Waals surface area (Å²) >= 11 is 2.07. The van der Waals surface area contributed by atoms with E-state index in [9.17, 15) is 0 Å². The summed E-state index contributed by atoms with van der Waals surface area (Å²) in [5.41, 5.74) is 7.54. The molecule has 1 aromatic rings. The smallest absolute Gasteiger partial charge is 0.119 e. The number of rotatable bonds is 5. The fourth-order valence-corrected chi connectivity index (χ4v) is 3.68. The molecule has 0 spiro atoms. The van der Waals surface area contributed by atoms with Crippen LogP contribution in [-0.2, 0) is 0 Å². The predicted octanol–water partition coefficient (Wildman–Crippen LogP) is 3.62. The van der Waals surface area contributed by atoms with Crippen LogP contribution in [0, 0.1) is 5.92 Å². The van der Waals surface area contributed by atoms with E-state index < -0.39 is 0 Å². The molecule has 0 radical (unpaired) electrons. The van der Waals surface area contributed by atoms with Crippen LogP contribution in [-0.4, -0.2) is 18.1 Å². The fraction of sp³-hybridized carbons (Fsp3) is 0.600. The zero-order valence-electron chi connectivity index (χ0n) is 11.1. The van der Waals surface area contributed by atoms with Crippen molar-refractivity contribution in [2.75, 3.05) is 18.1 Å². The summed E-state index contributed by atoms with van der Waals surface area (Å²) in [6, 6.07) is 8.39. The first-order valence-electron chi connectivity index (χ1n) is 6.85. The van der Waals surface area contributed by atoms with Gasteiger partial charge in [0.25, 0.3) is 0 Å². The van der Waals surface area contributed by atoms with Crippen molar-refractivity contribution in [3.8, 4) is 5.75 Å². The number of hydrogen-bond acceptors (Lipinski definition) is 3. The summed E-state index contributed by atoms with van der Waals surface area (Å²) in [7, 11) is 0. The molecule has 2 N–H and O–H groups in total. The molecular formula is C15H23NOS. The summed E-state index contributed by atoms with van der Waals surface area (Å²) in [5, 5.41) is 0. The highest BCUT2D eigenvalue weighted by molar-refractivity contribution is 7.99. The molecule has 1 unspecified atom stereocenters. The second kappa shape index (κ2) is 7.05. The van der Waals surface area contributed by atoms with Gasteiger partial charge in [0.15, 0.2) is 0 Å². The van der Waals surface area contributed by atoms with Crippen molar-refractivity contribution in [1.82, 2.24) is 0 Å².